The first-order chi connectivity index (χ1) is 15.5. The van der Waals surface area contributed by atoms with Crippen molar-refractivity contribution in [3.05, 3.63) is 108 Å². The number of esters is 1. The Morgan fingerprint density at radius 2 is 1.91 bits per heavy atom. The van der Waals surface area contributed by atoms with Gasteiger partial charge in [0.05, 0.1) is 22.4 Å². The van der Waals surface area contributed by atoms with Crippen LogP contribution in [0.5, 0.6) is 0 Å². The Bertz CT molecular complexity index is 1400. The highest BCUT2D eigenvalue weighted by Crippen LogP contribution is 2.34. The third-order valence-corrected chi connectivity index (χ3v) is 6.40. The molecule has 7 heteroatoms. The molecule has 3 aromatic rings. The Hall–Kier alpha value is -3.22. The number of carbonyl (C=O) groups excluding carboxylic acids is 1. The van der Waals surface area contributed by atoms with Crippen LogP contribution in [-0.2, 0) is 9.53 Å². The Morgan fingerprint density at radius 1 is 1.19 bits per heavy atom. The Balaban J connectivity index is 1.88. The summed E-state index contributed by atoms with van der Waals surface area (Å²) >= 11 is 7.77. The molecule has 1 aliphatic rings. The van der Waals surface area contributed by atoms with Gasteiger partial charge in [0, 0.05) is 5.02 Å². The van der Waals surface area contributed by atoms with Crippen molar-refractivity contribution in [2.75, 3.05) is 6.61 Å². The predicted octanol–water partition coefficient (Wildman–Crippen LogP) is 4.12. The molecule has 1 aromatic heterocycles. The first kappa shape index (κ1) is 22.0. The summed E-state index contributed by atoms with van der Waals surface area (Å²) in [6, 6.07) is 16.3. The average molecular weight is 465 g/mol. The zero-order chi connectivity index (χ0) is 22.7. The summed E-state index contributed by atoms with van der Waals surface area (Å²) < 4.78 is 7.34. The van der Waals surface area contributed by atoms with E-state index >= 15 is 0 Å². The van der Waals surface area contributed by atoms with Crippen molar-refractivity contribution in [1.29, 1.82) is 0 Å². The van der Waals surface area contributed by atoms with E-state index in [1.54, 1.807) is 26.0 Å². The maximum atomic E-state index is 13.4. The van der Waals surface area contributed by atoms with Crippen LogP contribution in [0.4, 0.5) is 0 Å². The standard InChI is InChI=1S/C25H21ClN2O3S/c1-3-31-24(30)21-16(2)27-25-28(22(21)18-13-7-8-14-19(18)26)23(29)20(32-25)15-9-12-17-10-5-4-6-11-17/h4-15,22H,3H2,1-2H3/b12-9-,20-15-/t22-/m1/s1. The average Bonchev–Trinajstić information content (AvgIpc) is 3.09. The number of rotatable bonds is 5. The third-order valence-electron chi connectivity index (χ3n) is 5.05. The van der Waals surface area contributed by atoms with Crippen LogP contribution in [0.1, 0.15) is 31.0 Å². The molecule has 0 fully saturated rings. The number of ether oxygens (including phenoxy) is 1. The van der Waals surface area contributed by atoms with Gasteiger partial charge in [-0.3, -0.25) is 9.36 Å². The number of aromatic nitrogens is 1. The minimum Gasteiger partial charge on any atom is -0.463 e. The van der Waals surface area contributed by atoms with Crippen molar-refractivity contribution < 1.29 is 9.53 Å². The second kappa shape index (κ2) is 9.51. The zero-order valence-corrected chi connectivity index (χ0v) is 19.2. The SMILES string of the molecule is CCOC(=O)C1=C(C)N=c2s/c(=C\C=C/c3ccccc3)c(=O)n2[C@@H]1c1ccccc1Cl. The summed E-state index contributed by atoms with van der Waals surface area (Å²) in [6.07, 6.45) is 5.54. The van der Waals surface area contributed by atoms with Gasteiger partial charge in [0.2, 0.25) is 0 Å². The summed E-state index contributed by atoms with van der Waals surface area (Å²) in [4.78, 5) is 31.3. The molecule has 1 atom stereocenters. The predicted molar refractivity (Wildman–Crippen MR) is 128 cm³/mol. The van der Waals surface area contributed by atoms with Gasteiger partial charge in [-0.15, -0.1) is 0 Å². The smallest absolute Gasteiger partial charge is 0.338 e. The number of carbonyl (C=O) groups is 1. The number of halogens is 1. The van der Waals surface area contributed by atoms with Crippen LogP contribution in [-0.4, -0.2) is 17.1 Å². The number of hydrogen-bond donors (Lipinski definition) is 0. The lowest BCUT2D eigenvalue weighted by atomic mass is 9.96. The van der Waals surface area contributed by atoms with Crippen LogP contribution >= 0.6 is 22.9 Å². The van der Waals surface area contributed by atoms with Gasteiger partial charge in [0.15, 0.2) is 4.80 Å². The van der Waals surface area contributed by atoms with Crippen molar-refractivity contribution in [2.45, 2.75) is 19.9 Å². The number of hydrogen-bond acceptors (Lipinski definition) is 5. The van der Waals surface area contributed by atoms with Crippen LogP contribution in [0.2, 0.25) is 5.02 Å². The highest BCUT2D eigenvalue weighted by Gasteiger charge is 2.34. The monoisotopic (exact) mass is 464 g/mol. The van der Waals surface area contributed by atoms with E-state index in [9.17, 15) is 9.59 Å². The molecule has 2 heterocycles. The van der Waals surface area contributed by atoms with Gasteiger partial charge in [-0.05, 0) is 37.1 Å². The van der Waals surface area contributed by atoms with Gasteiger partial charge in [-0.25, -0.2) is 9.79 Å². The fourth-order valence-corrected chi connectivity index (χ4v) is 4.84. The molecule has 0 amide bonds. The molecule has 0 saturated carbocycles. The summed E-state index contributed by atoms with van der Waals surface area (Å²) in [5.74, 6) is -0.503. The Morgan fingerprint density at radius 3 is 2.62 bits per heavy atom. The lowest BCUT2D eigenvalue weighted by Gasteiger charge is -2.25. The Labute approximate surface area is 194 Å². The van der Waals surface area contributed by atoms with E-state index in [-0.39, 0.29) is 12.2 Å². The minimum atomic E-state index is -0.709. The van der Waals surface area contributed by atoms with E-state index in [0.717, 1.165) is 5.56 Å². The van der Waals surface area contributed by atoms with Gasteiger partial charge in [-0.2, -0.15) is 0 Å². The maximum Gasteiger partial charge on any atom is 0.338 e. The van der Waals surface area contributed by atoms with Crippen LogP contribution in [0.3, 0.4) is 0 Å². The molecule has 5 nitrogen and oxygen atoms in total. The summed E-state index contributed by atoms with van der Waals surface area (Å²) in [6.45, 7) is 3.72. The molecule has 1 aliphatic heterocycles. The molecule has 0 bridgehead atoms. The highest BCUT2D eigenvalue weighted by atomic mass is 35.5. The van der Waals surface area contributed by atoms with Gasteiger partial charge < -0.3 is 4.74 Å². The van der Waals surface area contributed by atoms with Crippen molar-refractivity contribution in [3.63, 3.8) is 0 Å². The number of nitrogens with zero attached hydrogens (tertiary/aromatic N) is 2. The molecule has 0 radical (unpaired) electrons. The molecular weight excluding hydrogens is 444 g/mol. The fourth-order valence-electron chi connectivity index (χ4n) is 3.61. The zero-order valence-electron chi connectivity index (χ0n) is 17.6. The molecule has 32 heavy (non-hydrogen) atoms. The van der Waals surface area contributed by atoms with E-state index in [0.29, 0.717) is 31.2 Å². The first-order valence-electron chi connectivity index (χ1n) is 10.2. The second-order valence-electron chi connectivity index (χ2n) is 7.12. The molecular formula is C25H21ClN2O3S. The fraction of sp³-hybridized carbons (Fsp3) is 0.160. The van der Waals surface area contributed by atoms with Crippen LogP contribution < -0.4 is 14.9 Å². The number of benzene rings is 2. The molecule has 162 valence electrons. The molecule has 0 spiro atoms. The van der Waals surface area contributed by atoms with E-state index in [1.807, 2.05) is 60.7 Å². The summed E-state index contributed by atoms with van der Waals surface area (Å²) in [5, 5.41) is 0.465. The van der Waals surface area contributed by atoms with E-state index in [4.69, 9.17) is 16.3 Å². The normalized spacial score (nSPS) is 16.2. The first-order valence-corrected chi connectivity index (χ1v) is 11.4. The topological polar surface area (TPSA) is 60.7 Å². The molecule has 4 rings (SSSR count). The minimum absolute atomic E-state index is 0.222. The van der Waals surface area contributed by atoms with Gasteiger partial charge in [0.25, 0.3) is 5.56 Å². The second-order valence-corrected chi connectivity index (χ2v) is 8.53. The largest absolute Gasteiger partial charge is 0.463 e. The van der Waals surface area contributed by atoms with E-state index < -0.39 is 12.0 Å². The van der Waals surface area contributed by atoms with Crippen molar-refractivity contribution >= 4 is 41.1 Å². The number of allylic oxidation sites excluding steroid dienone is 2. The molecule has 0 unspecified atom stereocenters. The Kier molecular flexibility index (Phi) is 6.53. The van der Waals surface area contributed by atoms with Crippen molar-refractivity contribution in [2.24, 2.45) is 4.99 Å². The number of thiazole rings is 1. The van der Waals surface area contributed by atoms with Crippen molar-refractivity contribution in [3.8, 4) is 0 Å². The molecule has 0 aliphatic carbocycles. The lowest BCUT2D eigenvalue weighted by molar-refractivity contribution is -0.139. The van der Waals surface area contributed by atoms with Crippen molar-refractivity contribution in [1.82, 2.24) is 4.57 Å². The summed E-state index contributed by atoms with van der Waals surface area (Å²) in [5.41, 5.74) is 2.29. The quantitative estimate of drug-likeness (QED) is 0.534. The van der Waals surface area contributed by atoms with Gasteiger partial charge in [-0.1, -0.05) is 83.6 Å². The maximum absolute atomic E-state index is 13.4. The van der Waals surface area contributed by atoms with Gasteiger partial charge in [0.1, 0.15) is 6.04 Å². The molecule has 0 saturated heterocycles. The highest BCUT2D eigenvalue weighted by molar-refractivity contribution is 7.07. The van der Waals surface area contributed by atoms with Gasteiger partial charge >= 0.3 is 5.97 Å². The van der Waals surface area contributed by atoms with Crippen LogP contribution in [0, 0.1) is 0 Å². The molecule has 0 N–H and O–H groups in total. The third kappa shape index (κ3) is 4.24. The van der Waals surface area contributed by atoms with E-state index in [2.05, 4.69) is 4.99 Å². The molecule has 2 aromatic carbocycles. The summed E-state index contributed by atoms with van der Waals surface area (Å²) in [7, 11) is 0. The van der Waals surface area contributed by atoms with Crippen LogP contribution in [0.25, 0.3) is 12.2 Å². The van der Waals surface area contributed by atoms with E-state index in [1.165, 1.54) is 15.9 Å². The number of fused-ring (bicyclic) bond motifs is 1. The lowest BCUT2D eigenvalue weighted by Crippen LogP contribution is -2.40. The van der Waals surface area contributed by atoms with Crippen LogP contribution in [0.15, 0.2) is 81.7 Å².